The van der Waals surface area contributed by atoms with Crippen LogP contribution in [-0.4, -0.2) is 22.4 Å². The first kappa shape index (κ1) is 16.4. The molecule has 23 heavy (non-hydrogen) atoms. The van der Waals surface area contributed by atoms with Gasteiger partial charge in [-0.2, -0.15) is 0 Å². The first-order valence-corrected chi connectivity index (χ1v) is 10.3. The Morgan fingerprint density at radius 1 is 0.870 bits per heavy atom. The van der Waals surface area contributed by atoms with Gasteiger partial charge >= 0.3 is 0 Å². The van der Waals surface area contributed by atoms with Crippen molar-refractivity contribution in [1.82, 2.24) is 0 Å². The molecule has 0 aromatic rings. The molecule has 1 unspecified atom stereocenters. The van der Waals surface area contributed by atoms with Crippen LogP contribution in [0.5, 0.6) is 0 Å². The fourth-order valence-electron chi connectivity index (χ4n) is 7.97. The maximum absolute atomic E-state index is 12.0. The Kier molecular flexibility index (Phi) is 3.89. The van der Waals surface area contributed by atoms with Gasteiger partial charge < -0.3 is 10.2 Å². The fraction of sp³-hybridized carbons (Fsp3) is 1.00. The first-order chi connectivity index (χ1) is 11.0. The van der Waals surface area contributed by atoms with Crippen molar-refractivity contribution in [1.29, 1.82) is 0 Å². The van der Waals surface area contributed by atoms with E-state index in [2.05, 4.69) is 13.8 Å². The lowest BCUT2D eigenvalue weighted by molar-refractivity contribution is -0.235. The molecule has 4 saturated carbocycles. The van der Waals surface area contributed by atoms with Gasteiger partial charge in [0, 0.05) is 6.61 Å². The van der Waals surface area contributed by atoms with Crippen molar-refractivity contribution in [2.45, 2.75) is 90.1 Å². The molecule has 0 heterocycles. The monoisotopic (exact) mass is 320 g/mol. The highest BCUT2D eigenvalue weighted by Gasteiger charge is 2.66. The zero-order valence-electron chi connectivity index (χ0n) is 15.2. The van der Waals surface area contributed by atoms with Gasteiger partial charge in [0.1, 0.15) is 0 Å². The third kappa shape index (κ3) is 2.06. The molecule has 4 aliphatic rings. The number of rotatable bonds is 2. The molecule has 0 amide bonds. The van der Waals surface area contributed by atoms with Crippen molar-refractivity contribution in [2.24, 2.45) is 34.5 Å². The Bertz CT molecular complexity index is 463. The molecule has 132 valence electrons. The Morgan fingerprint density at radius 3 is 2.43 bits per heavy atom. The van der Waals surface area contributed by atoms with Crippen molar-refractivity contribution in [3.63, 3.8) is 0 Å². The molecule has 0 bridgehead atoms. The predicted octanol–water partition coefficient (Wildman–Crippen LogP) is 4.53. The van der Waals surface area contributed by atoms with Crippen LogP contribution in [0.2, 0.25) is 0 Å². The summed E-state index contributed by atoms with van der Waals surface area (Å²) in [4.78, 5) is 0. The average molecular weight is 321 g/mol. The van der Waals surface area contributed by atoms with E-state index in [1.165, 1.54) is 57.8 Å². The summed E-state index contributed by atoms with van der Waals surface area (Å²) in [5, 5.41) is 21.4. The quantitative estimate of drug-likeness (QED) is 0.784. The highest BCUT2D eigenvalue weighted by molar-refractivity contribution is 5.16. The smallest absolute Gasteiger partial charge is 0.0734 e. The van der Waals surface area contributed by atoms with Gasteiger partial charge in [-0.15, -0.1) is 0 Å². The highest BCUT2D eigenvalue weighted by Crippen LogP contribution is 2.69. The van der Waals surface area contributed by atoms with E-state index >= 15 is 0 Å². The number of hydrogen-bond donors (Lipinski definition) is 2. The van der Waals surface area contributed by atoms with Crippen LogP contribution in [0.4, 0.5) is 0 Å². The van der Waals surface area contributed by atoms with E-state index in [0.717, 1.165) is 18.8 Å². The van der Waals surface area contributed by atoms with Crippen LogP contribution < -0.4 is 0 Å². The molecule has 0 radical (unpaired) electrons. The van der Waals surface area contributed by atoms with Crippen molar-refractivity contribution in [3.05, 3.63) is 0 Å². The first-order valence-electron chi connectivity index (χ1n) is 10.3. The molecule has 2 N–H and O–H groups in total. The van der Waals surface area contributed by atoms with Gasteiger partial charge in [0.25, 0.3) is 0 Å². The summed E-state index contributed by atoms with van der Waals surface area (Å²) in [5.41, 5.74) is 0.136. The lowest BCUT2D eigenvalue weighted by Gasteiger charge is -2.65. The van der Waals surface area contributed by atoms with Gasteiger partial charge in [-0.3, -0.25) is 0 Å². The van der Waals surface area contributed by atoms with E-state index in [1.807, 2.05) is 0 Å². The van der Waals surface area contributed by atoms with Gasteiger partial charge in [0.05, 0.1) is 5.60 Å². The summed E-state index contributed by atoms with van der Waals surface area (Å²) in [5.74, 6) is 2.65. The summed E-state index contributed by atoms with van der Waals surface area (Å²) < 4.78 is 0. The molecule has 7 atom stereocenters. The van der Waals surface area contributed by atoms with E-state index in [4.69, 9.17) is 0 Å². The fourth-order valence-corrected chi connectivity index (χ4v) is 7.97. The molecule has 4 fully saturated rings. The predicted molar refractivity (Wildman–Crippen MR) is 93.0 cm³/mol. The second-order valence-electron chi connectivity index (χ2n) is 9.87. The average Bonchev–Trinajstić information content (AvgIpc) is 2.86. The number of hydrogen-bond acceptors (Lipinski definition) is 2. The highest BCUT2D eigenvalue weighted by atomic mass is 16.3. The van der Waals surface area contributed by atoms with Crippen LogP contribution in [0.15, 0.2) is 0 Å². The molecule has 4 aliphatic carbocycles. The number of fused-ring (bicyclic) bond motifs is 5. The Hall–Kier alpha value is -0.0800. The molecule has 0 saturated heterocycles. The van der Waals surface area contributed by atoms with Crippen molar-refractivity contribution >= 4 is 0 Å². The van der Waals surface area contributed by atoms with Gasteiger partial charge in [-0.1, -0.05) is 26.7 Å². The zero-order chi connectivity index (χ0) is 16.3. The maximum atomic E-state index is 12.0. The maximum Gasteiger partial charge on any atom is 0.0734 e. The minimum absolute atomic E-state index is 0.171. The van der Waals surface area contributed by atoms with E-state index in [-0.39, 0.29) is 5.41 Å². The van der Waals surface area contributed by atoms with Crippen LogP contribution >= 0.6 is 0 Å². The van der Waals surface area contributed by atoms with E-state index < -0.39 is 5.60 Å². The Labute approximate surface area is 142 Å². The summed E-state index contributed by atoms with van der Waals surface area (Å²) >= 11 is 0. The molecule has 0 aromatic carbocycles. The summed E-state index contributed by atoms with van der Waals surface area (Å²) in [6, 6.07) is 0. The lowest BCUT2D eigenvalue weighted by atomic mass is 9.42. The van der Waals surface area contributed by atoms with E-state index in [0.29, 0.717) is 29.8 Å². The van der Waals surface area contributed by atoms with E-state index in [1.54, 1.807) is 0 Å². The third-order valence-electron chi connectivity index (χ3n) is 9.44. The van der Waals surface area contributed by atoms with Crippen LogP contribution in [0.3, 0.4) is 0 Å². The molecular formula is C21H36O2. The van der Waals surface area contributed by atoms with Crippen molar-refractivity contribution in [2.75, 3.05) is 6.61 Å². The Balaban J connectivity index is 1.66. The van der Waals surface area contributed by atoms with Crippen LogP contribution in [-0.2, 0) is 0 Å². The van der Waals surface area contributed by atoms with Crippen LogP contribution in [0, 0.1) is 34.5 Å². The summed E-state index contributed by atoms with van der Waals surface area (Å²) in [7, 11) is 0. The molecular weight excluding hydrogens is 284 g/mol. The SMILES string of the molecule is C[C@]12CC[C@@]3(O)[C@@H](CCC4CCCC[C@@]43C)[C@@H]1CC[C@@H]2CCO. The van der Waals surface area contributed by atoms with Gasteiger partial charge in [0.15, 0.2) is 0 Å². The topological polar surface area (TPSA) is 40.5 Å². The van der Waals surface area contributed by atoms with Gasteiger partial charge in [0.2, 0.25) is 0 Å². The molecule has 0 aromatic heterocycles. The molecule has 0 spiro atoms. The molecule has 0 aliphatic heterocycles. The largest absolute Gasteiger partial charge is 0.396 e. The van der Waals surface area contributed by atoms with Gasteiger partial charge in [-0.05, 0) is 92.3 Å². The minimum Gasteiger partial charge on any atom is -0.396 e. The standard InChI is InChI=1S/C21H36O2/c1-19-12-13-21(23)18(17(19)8-6-15(19)10-14-22)9-7-16-5-3-4-11-20(16,21)2/h15-18,22-23H,3-14H2,1-2H3/t15-,16?,17+,18+,19-,20+,21-/m1/s1. The van der Waals surface area contributed by atoms with Crippen LogP contribution in [0.25, 0.3) is 0 Å². The van der Waals surface area contributed by atoms with Crippen molar-refractivity contribution < 1.29 is 10.2 Å². The summed E-state index contributed by atoms with van der Waals surface area (Å²) in [6.45, 7) is 5.26. The molecule has 2 nitrogen and oxygen atoms in total. The van der Waals surface area contributed by atoms with Crippen molar-refractivity contribution in [3.8, 4) is 0 Å². The second-order valence-corrected chi connectivity index (χ2v) is 9.87. The zero-order valence-corrected chi connectivity index (χ0v) is 15.2. The normalized spacial score (nSPS) is 55.8. The third-order valence-corrected chi connectivity index (χ3v) is 9.44. The van der Waals surface area contributed by atoms with Gasteiger partial charge in [-0.25, -0.2) is 0 Å². The number of aliphatic hydroxyl groups is 2. The van der Waals surface area contributed by atoms with Crippen LogP contribution in [0.1, 0.15) is 84.5 Å². The number of aliphatic hydroxyl groups excluding tert-OH is 1. The molecule has 4 rings (SSSR count). The molecule has 2 heteroatoms. The second kappa shape index (κ2) is 5.46. The summed E-state index contributed by atoms with van der Waals surface area (Å²) in [6.07, 6.45) is 13.6. The lowest BCUT2D eigenvalue weighted by Crippen LogP contribution is -2.64. The van der Waals surface area contributed by atoms with E-state index in [9.17, 15) is 10.2 Å². The minimum atomic E-state index is -0.408. The Morgan fingerprint density at radius 2 is 1.65 bits per heavy atom.